The van der Waals surface area contributed by atoms with Crippen molar-refractivity contribution in [2.45, 2.75) is 51.9 Å². The molecule has 0 aromatic heterocycles. The van der Waals surface area contributed by atoms with Crippen molar-refractivity contribution in [3.63, 3.8) is 0 Å². The molecule has 0 unspecified atom stereocenters. The number of sulfonamides is 1. The van der Waals surface area contributed by atoms with Crippen LogP contribution in [0.25, 0.3) is 0 Å². The van der Waals surface area contributed by atoms with Gasteiger partial charge in [-0.2, -0.15) is 4.31 Å². The molecule has 0 radical (unpaired) electrons. The van der Waals surface area contributed by atoms with E-state index in [9.17, 15) is 18.0 Å². The molecule has 1 aliphatic heterocycles. The van der Waals surface area contributed by atoms with Crippen LogP contribution in [0.3, 0.4) is 0 Å². The molecular weight excluding hydrogens is 452 g/mol. The first kappa shape index (κ1) is 25.7. The smallest absolute Gasteiger partial charge is 0.243 e. The molecule has 0 saturated carbocycles. The Morgan fingerprint density at radius 2 is 1.50 bits per heavy atom. The molecule has 0 atom stereocenters. The average molecular weight is 487 g/mol. The van der Waals surface area contributed by atoms with Crippen LogP contribution in [0.15, 0.2) is 35.2 Å². The van der Waals surface area contributed by atoms with Gasteiger partial charge in [0.15, 0.2) is 0 Å². The topological polar surface area (TPSA) is 108 Å². The van der Waals surface area contributed by atoms with E-state index in [1.807, 2.05) is 32.9 Å². The van der Waals surface area contributed by atoms with Crippen LogP contribution in [0.1, 0.15) is 41.5 Å². The number of nitrogens with zero attached hydrogens (tertiary/aromatic N) is 1. The molecule has 1 heterocycles. The van der Waals surface area contributed by atoms with Gasteiger partial charge >= 0.3 is 0 Å². The molecule has 2 amide bonds. The first-order valence-corrected chi connectivity index (χ1v) is 13.0. The molecule has 0 bridgehead atoms. The number of benzene rings is 2. The minimum absolute atomic E-state index is 0.0812. The fraction of sp³-hybridized carbons (Fsp3) is 0.440. The Morgan fingerprint density at radius 1 is 0.853 bits per heavy atom. The van der Waals surface area contributed by atoms with Gasteiger partial charge in [-0.25, -0.2) is 8.42 Å². The predicted molar refractivity (Wildman–Crippen MR) is 135 cm³/mol. The van der Waals surface area contributed by atoms with Crippen LogP contribution in [0.5, 0.6) is 0 Å². The lowest BCUT2D eigenvalue weighted by molar-refractivity contribution is -0.122. The second kappa shape index (κ2) is 11.0. The molecule has 2 aromatic rings. The van der Waals surface area contributed by atoms with E-state index in [4.69, 9.17) is 0 Å². The first-order chi connectivity index (χ1) is 16.1. The third-order valence-electron chi connectivity index (χ3n) is 5.96. The summed E-state index contributed by atoms with van der Waals surface area (Å²) in [7, 11) is -3.57. The number of aryl methyl sites for hydroxylation is 4. The number of rotatable bonds is 8. The molecule has 3 rings (SSSR count). The Balaban J connectivity index is 1.55. The highest BCUT2D eigenvalue weighted by Gasteiger charge is 2.27. The summed E-state index contributed by atoms with van der Waals surface area (Å²) >= 11 is 0. The largest absolute Gasteiger partial charge is 0.376 e. The first-order valence-electron chi connectivity index (χ1n) is 11.6. The van der Waals surface area contributed by atoms with Gasteiger partial charge in [0.1, 0.15) is 0 Å². The highest BCUT2D eigenvalue weighted by molar-refractivity contribution is 7.89. The van der Waals surface area contributed by atoms with Gasteiger partial charge in [0.25, 0.3) is 0 Å². The number of carbonyl (C=O) groups is 2. The summed E-state index contributed by atoms with van der Waals surface area (Å²) in [6.07, 6.45) is 2.78. The fourth-order valence-electron chi connectivity index (χ4n) is 4.22. The highest BCUT2D eigenvalue weighted by Crippen LogP contribution is 2.26. The predicted octanol–water partition coefficient (Wildman–Crippen LogP) is 3.26. The summed E-state index contributed by atoms with van der Waals surface area (Å²) in [5.41, 5.74) is 5.01. The minimum atomic E-state index is -3.57. The van der Waals surface area contributed by atoms with Crippen molar-refractivity contribution >= 4 is 33.2 Å². The summed E-state index contributed by atoms with van der Waals surface area (Å²) in [6, 6.07) is 9.03. The van der Waals surface area contributed by atoms with Gasteiger partial charge in [-0.05, 0) is 69.4 Å². The lowest BCUT2D eigenvalue weighted by atomic mass is 10.1. The zero-order chi connectivity index (χ0) is 24.9. The van der Waals surface area contributed by atoms with Gasteiger partial charge in [-0.1, -0.05) is 30.2 Å². The molecule has 1 saturated heterocycles. The van der Waals surface area contributed by atoms with E-state index in [0.717, 1.165) is 41.6 Å². The van der Waals surface area contributed by atoms with Crippen LogP contribution in [0.4, 0.5) is 11.4 Å². The molecule has 3 N–H and O–H groups in total. The van der Waals surface area contributed by atoms with Crippen molar-refractivity contribution in [2.75, 3.05) is 36.8 Å². The Morgan fingerprint density at radius 3 is 2.15 bits per heavy atom. The minimum Gasteiger partial charge on any atom is -0.376 e. The SMILES string of the molecule is Cc1cc(C)c(NC(=O)CNC(=O)CNc2ccc(C)c(S(=O)(=O)N3CCCCC3)c2)c(C)c1. The summed E-state index contributed by atoms with van der Waals surface area (Å²) in [6.45, 7) is 8.45. The molecule has 0 aliphatic carbocycles. The Labute approximate surface area is 202 Å². The number of hydrogen-bond donors (Lipinski definition) is 3. The van der Waals surface area contributed by atoms with Crippen molar-refractivity contribution in [3.8, 4) is 0 Å². The Bertz CT molecular complexity index is 1150. The monoisotopic (exact) mass is 486 g/mol. The number of anilines is 2. The Kier molecular flexibility index (Phi) is 8.33. The fourth-order valence-corrected chi connectivity index (χ4v) is 5.98. The van der Waals surface area contributed by atoms with E-state index >= 15 is 0 Å². The summed E-state index contributed by atoms with van der Waals surface area (Å²) in [5.74, 6) is -0.679. The molecule has 184 valence electrons. The zero-order valence-corrected chi connectivity index (χ0v) is 21.1. The van der Waals surface area contributed by atoms with Gasteiger partial charge < -0.3 is 16.0 Å². The molecule has 8 nitrogen and oxygen atoms in total. The van der Waals surface area contributed by atoms with E-state index in [0.29, 0.717) is 24.3 Å². The maximum absolute atomic E-state index is 13.1. The van der Waals surface area contributed by atoms with Crippen molar-refractivity contribution in [3.05, 3.63) is 52.6 Å². The summed E-state index contributed by atoms with van der Waals surface area (Å²) < 4.78 is 27.7. The van der Waals surface area contributed by atoms with E-state index < -0.39 is 10.0 Å². The van der Waals surface area contributed by atoms with Crippen molar-refractivity contribution in [2.24, 2.45) is 0 Å². The molecule has 2 aromatic carbocycles. The van der Waals surface area contributed by atoms with Crippen LogP contribution >= 0.6 is 0 Å². The molecule has 0 spiro atoms. The third-order valence-corrected chi connectivity index (χ3v) is 8.00. The van der Waals surface area contributed by atoms with Gasteiger partial charge in [0.05, 0.1) is 18.0 Å². The number of nitrogens with one attached hydrogen (secondary N) is 3. The van der Waals surface area contributed by atoms with Crippen LogP contribution in [-0.2, 0) is 19.6 Å². The second-order valence-corrected chi connectivity index (χ2v) is 10.8. The second-order valence-electron chi connectivity index (χ2n) is 8.90. The zero-order valence-electron chi connectivity index (χ0n) is 20.3. The average Bonchev–Trinajstić information content (AvgIpc) is 2.80. The molecule has 34 heavy (non-hydrogen) atoms. The van der Waals surface area contributed by atoms with Crippen molar-refractivity contribution in [1.29, 1.82) is 0 Å². The van der Waals surface area contributed by atoms with Gasteiger partial charge in [0.2, 0.25) is 21.8 Å². The lowest BCUT2D eigenvalue weighted by Crippen LogP contribution is -2.36. The van der Waals surface area contributed by atoms with Crippen LogP contribution in [0.2, 0.25) is 0 Å². The third kappa shape index (κ3) is 6.36. The molecule has 1 fully saturated rings. The maximum Gasteiger partial charge on any atom is 0.243 e. The molecule has 9 heteroatoms. The van der Waals surface area contributed by atoms with Crippen LogP contribution < -0.4 is 16.0 Å². The summed E-state index contributed by atoms with van der Waals surface area (Å²) in [4.78, 5) is 24.8. The van der Waals surface area contributed by atoms with Crippen LogP contribution in [0, 0.1) is 27.7 Å². The van der Waals surface area contributed by atoms with Gasteiger partial charge in [0, 0.05) is 24.5 Å². The number of hydrogen-bond acceptors (Lipinski definition) is 5. The quantitative estimate of drug-likeness (QED) is 0.531. The van der Waals surface area contributed by atoms with Gasteiger partial charge in [-0.3, -0.25) is 9.59 Å². The van der Waals surface area contributed by atoms with Gasteiger partial charge in [-0.15, -0.1) is 0 Å². The number of amides is 2. The normalized spacial score (nSPS) is 14.5. The standard InChI is InChI=1S/C25H34N4O4S/c1-17-12-19(3)25(20(4)13-17)28-24(31)16-27-23(30)15-26-21-9-8-18(2)22(14-21)34(32,33)29-10-6-5-7-11-29/h8-9,12-14,26H,5-7,10-11,15-16H2,1-4H3,(H,27,30)(H,28,31). The molecule has 1 aliphatic rings. The maximum atomic E-state index is 13.1. The van der Waals surface area contributed by atoms with E-state index in [1.165, 1.54) is 4.31 Å². The van der Waals surface area contributed by atoms with Crippen molar-refractivity contribution < 1.29 is 18.0 Å². The van der Waals surface area contributed by atoms with E-state index in [1.54, 1.807) is 25.1 Å². The van der Waals surface area contributed by atoms with Crippen LogP contribution in [-0.4, -0.2) is 50.7 Å². The Hall–Kier alpha value is -2.91. The van der Waals surface area contributed by atoms with E-state index in [-0.39, 0.29) is 29.8 Å². The number of carbonyl (C=O) groups excluding carboxylic acids is 2. The number of piperidine rings is 1. The van der Waals surface area contributed by atoms with E-state index in [2.05, 4.69) is 16.0 Å². The summed E-state index contributed by atoms with van der Waals surface area (Å²) in [5, 5.41) is 8.40. The van der Waals surface area contributed by atoms with Crippen molar-refractivity contribution in [1.82, 2.24) is 9.62 Å². The molecular formula is C25H34N4O4S. The lowest BCUT2D eigenvalue weighted by Gasteiger charge is -2.26. The highest BCUT2D eigenvalue weighted by atomic mass is 32.2.